The van der Waals surface area contributed by atoms with Gasteiger partial charge in [-0.25, -0.2) is 4.79 Å². The van der Waals surface area contributed by atoms with Crippen LogP contribution in [0, 0.1) is 0 Å². The van der Waals surface area contributed by atoms with E-state index < -0.39 is 17.9 Å². The molecular weight excluding hydrogens is 369 g/mol. The summed E-state index contributed by atoms with van der Waals surface area (Å²) in [6, 6.07) is 3.91. The molecule has 1 aliphatic heterocycles. The Morgan fingerprint density at radius 3 is 2.76 bits per heavy atom. The number of carboxylic acid groups (broad SMARTS) is 1. The molecule has 0 saturated carbocycles. The summed E-state index contributed by atoms with van der Waals surface area (Å²) in [5.74, 6) is -0.895. The second-order valence-corrected chi connectivity index (χ2v) is 6.37. The highest BCUT2D eigenvalue weighted by Crippen LogP contribution is 2.33. The van der Waals surface area contributed by atoms with E-state index in [1.54, 1.807) is 25.1 Å². The largest absolute Gasteiger partial charge is 0.480 e. The van der Waals surface area contributed by atoms with Gasteiger partial charge in [-0.15, -0.1) is 0 Å². The van der Waals surface area contributed by atoms with Crippen molar-refractivity contribution in [2.75, 3.05) is 13.2 Å². The lowest BCUT2D eigenvalue weighted by atomic mass is 10.1. The fourth-order valence-electron chi connectivity index (χ4n) is 2.57. The third-order valence-electron chi connectivity index (χ3n) is 3.72. The van der Waals surface area contributed by atoms with Crippen molar-refractivity contribution >= 4 is 35.1 Å². The Morgan fingerprint density at radius 2 is 2.12 bits per heavy atom. The molecular formula is C17H19Cl2NO5. The first-order valence-electron chi connectivity index (χ1n) is 7.81. The number of amides is 1. The van der Waals surface area contributed by atoms with Crippen molar-refractivity contribution in [3.63, 3.8) is 0 Å². The van der Waals surface area contributed by atoms with Crippen LogP contribution in [0.25, 0.3) is 0 Å². The molecule has 0 spiro atoms. The van der Waals surface area contributed by atoms with E-state index in [-0.39, 0.29) is 24.1 Å². The number of rotatable bonds is 8. The number of carbonyl (C=O) groups is 2. The van der Waals surface area contributed by atoms with Crippen LogP contribution in [0.5, 0.6) is 5.75 Å². The Morgan fingerprint density at radius 1 is 1.40 bits per heavy atom. The van der Waals surface area contributed by atoms with Crippen LogP contribution in [0.2, 0.25) is 10.0 Å². The van der Waals surface area contributed by atoms with Gasteiger partial charge in [0, 0.05) is 19.1 Å². The van der Waals surface area contributed by atoms with Crippen LogP contribution < -0.4 is 4.74 Å². The molecule has 136 valence electrons. The number of hydrogen-bond donors (Lipinski definition) is 1. The number of hydrogen-bond acceptors (Lipinski definition) is 4. The molecule has 0 aromatic heterocycles. The molecule has 0 saturated heterocycles. The average Bonchev–Trinajstić information content (AvgIpc) is 2.90. The van der Waals surface area contributed by atoms with Gasteiger partial charge in [0.1, 0.15) is 22.6 Å². The van der Waals surface area contributed by atoms with Crippen LogP contribution >= 0.6 is 23.2 Å². The monoisotopic (exact) mass is 387 g/mol. The molecule has 1 amide bonds. The van der Waals surface area contributed by atoms with Gasteiger partial charge < -0.3 is 19.5 Å². The number of aliphatic carboxylic acids is 1. The summed E-state index contributed by atoms with van der Waals surface area (Å²) in [7, 11) is 0. The highest BCUT2D eigenvalue weighted by Gasteiger charge is 2.35. The fourth-order valence-corrected chi connectivity index (χ4v) is 2.90. The molecule has 0 bridgehead atoms. The fraction of sp³-hybridized carbons (Fsp3) is 0.412. The van der Waals surface area contributed by atoms with Gasteiger partial charge in [-0.05, 0) is 26.0 Å². The molecule has 0 radical (unpaired) electrons. The van der Waals surface area contributed by atoms with Crippen LogP contribution in [-0.4, -0.2) is 47.2 Å². The minimum atomic E-state index is -1.09. The third kappa shape index (κ3) is 4.87. The first-order chi connectivity index (χ1) is 11.8. The van der Waals surface area contributed by atoms with Gasteiger partial charge in [0.2, 0.25) is 0 Å². The van der Waals surface area contributed by atoms with Gasteiger partial charge in [-0.2, -0.15) is 0 Å². The lowest BCUT2D eigenvalue weighted by molar-refractivity contribution is -0.149. The van der Waals surface area contributed by atoms with Gasteiger partial charge in [-0.3, -0.25) is 4.79 Å². The van der Waals surface area contributed by atoms with E-state index in [1.807, 2.05) is 6.92 Å². The minimum Gasteiger partial charge on any atom is -0.480 e. The maximum atomic E-state index is 12.2. The van der Waals surface area contributed by atoms with Crippen LogP contribution in [0.3, 0.4) is 0 Å². The molecule has 1 aliphatic rings. The molecule has 0 aliphatic carbocycles. The first-order valence-corrected chi connectivity index (χ1v) is 8.56. The van der Waals surface area contributed by atoms with Gasteiger partial charge in [0.05, 0.1) is 17.7 Å². The number of halogens is 2. The predicted molar refractivity (Wildman–Crippen MR) is 94.0 cm³/mol. The maximum absolute atomic E-state index is 12.2. The lowest BCUT2D eigenvalue weighted by Crippen LogP contribution is -2.44. The Hall–Kier alpha value is -1.76. The number of nitrogens with zero attached hydrogens (tertiary/aromatic N) is 1. The molecule has 25 heavy (non-hydrogen) atoms. The number of benzene rings is 1. The van der Waals surface area contributed by atoms with E-state index in [0.29, 0.717) is 23.1 Å². The molecule has 1 N–H and O–H groups in total. The highest BCUT2D eigenvalue weighted by atomic mass is 35.5. The second-order valence-electron chi connectivity index (χ2n) is 5.59. The molecule has 2 rings (SSSR count). The Bertz CT molecular complexity index is 692. The standard InChI is InChI=1S/C17H19Cl2NO5/c1-3-24-10(2)7-13(17(22)23)20-9-11(8-15(20)21)25-14-6-4-5-12(18)16(14)19/h4-6,8,10,13H,3,7,9H2,1-2H3,(H,22,23)/t10-,13-/m1/s1. The topological polar surface area (TPSA) is 76.1 Å². The van der Waals surface area contributed by atoms with E-state index in [0.717, 1.165) is 0 Å². The molecule has 1 aromatic carbocycles. The zero-order valence-corrected chi connectivity index (χ0v) is 15.4. The van der Waals surface area contributed by atoms with Gasteiger partial charge in [0.15, 0.2) is 0 Å². The molecule has 1 heterocycles. The zero-order valence-electron chi connectivity index (χ0n) is 13.9. The summed E-state index contributed by atoms with van der Waals surface area (Å²) < 4.78 is 11.0. The van der Waals surface area contributed by atoms with Crippen molar-refractivity contribution in [2.45, 2.75) is 32.4 Å². The van der Waals surface area contributed by atoms with Crippen molar-refractivity contribution in [2.24, 2.45) is 0 Å². The molecule has 6 nitrogen and oxygen atoms in total. The average molecular weight is 388 g/mol. The third-order valence-corrected chi connectivity index (χ3v) is 4.52. The zero-order chi connectivity index (χ0) is 18.6. The van der Waals surface area contributed by atoms with E-state index >= 15 is 0 Å². The molecule has 1 aromatic rings. The maximum Gasteiger partial charge on any atom is 0.326 e. The SMILES string of the molecule is CCO[C@H](C)C[C@H](C(=O)O)N1CC(Oc2cccc(Cl)c2Cl)=CC1=O. The summed E-state index contributed by atoms with van der Waals surface area (Å²) >= 11 is 12.0. The number of carbonyl (C=O) groups excluding carboxylic acids is 1. The van der Waals surface area contributed by atoms with E-state index in [9.17, 15) is 14.7 Å². The smallest absolute Gasteiger partial charge is 0.326 e. The minimum absolute atomic E-state index is 0.0392. The first kappa shape index (κ1) is 19.6. The number of carboxylic acids is 1. The Balaban J connectivity index is 2.09. The summed E-state index contributed by atoms with van der Waals surface area (Å²) in [5.41, 5.74) is 0. The van der Waals surface area contributed by atoms with Gasteiger partial charge in [0.25, 0.3) is 5.91 Å². The van der Waals surface area contributed by atoms with Crippen LogP contribution in [-0.2, 0) is 14.3 Å². The highest BCUT2D eigenvalue weighted by molar-refractivity contribution is 6.42. The quantitative estimate of drug-likeness (QED) is 0.739. The summed E-state index contributed by atoms with van der Waals surface area (Å²) in [6.07, 6.45) is 1.16. The predicted octanol–water partition coefficient (Wildman–Crippen LogP) is 3.37. The van der Waals surface area contributed by atoms with Crippen LogP contribution in [0.1, 0.15) is 20.3 Å². The summed E-state index contributed by atoms with van der Waals surface area (Å²) in [5, 5.41) is 10.0. The van der Waals surface area contributed by atoms with Crippen molar-refractivity contribution in [1.29, 1.82) is 0 Å². The Kier molecular flexibility index (Phi) is 6.70. The second kappa shape index (κ2) is 8.56. The Labute approximate surface area is 155 Å². The lowest BCUT2D eigenvalue weighted by Gasteiger charge is -2.26. The van der Waals surface area contributed by atoms with E-state index in [1.165, 1.54) is 11.0 Å². The normalized spacial score (nSPS) is 16.6. The van der Waals surface area contributed by atoms with Gasteiger partial charge in [-0.1, -0.05) is 29.3 Å². The van der Waals surface area contributed by atoms with Crippen LogP contribution in [0.4, 0.5) is 0 Å². The number of ether oxygens (including phenoxy) is 2. The summed E-state index contributed by atoms with van der Waals surface area (Å²) in [6.45, 7) is 4.12. The molecule has 2 atom stereocenters. The van der Waals surface area contributed by atoms with Gasteiger partial charge >= 0.3 is 5.97 Å². The molecule has 0 fully saturated rings. The van der Waals surface area contributed by atoms with E-state index in [4.69, 9.17) is 32.7 Å². The van der Waals surface area contributed by atoms with Crippen molar-refractivity contribution in [1.82, 2.24) is 4.90 Å². The van der Waals surface area contributed by atoms with Crippen molar-refractivity contribution < 1.29 is 24.2 Å². The van der Waals surface area contributed by atoms with Crippen molar-refractivity contribution in [3.05, 3.63) is 40.1 Å². The van der Waals surface area contributed by atoms with E-state index in [2.05, 4.69) is 0 Å². The summed E-state index contributed by atoms with van der Waals surface area (Å²) in [4.78, 5) is 25.0. The molecule has 0 unspecified atom stereocenters. The molecule has 8 heteroatoms. The van der Waals surface area contributed by atoms with Crippen molar-refractivity contribution in [3.8, 4) is 5.75 Å². The van der Waals surface area contributed by atoms with Crippen LogP contribution in [0.15, 0.2) is 30.0 Å².